The van der Waals surface area contributed by atoms with Gasteiger partial charge < -0.3 is 41.0 Å². The second kappa shape index (κ2) is 31.8. The summed E-state index contributed by atoms with van der Waals surface area (Å²) in [5, 5.41) is 22.7. The Balaban J connectivity index is 0.000000102. The molecule has 0 atom stereocenters. The smallest absolute Gasteiger partial charge is 0.143 e. The molecule has 31 aromatic rings. The van der Waals surface area contributed by atoms with E-state index in [1.807, 2.05) is 12.1 Å². The Morgan fingerprint density at radius 3 is 0.638 bits per heavy atom. The third-order valence-corrected chi connectivity index (χ3v) is 29.4. The van der Waals surface area contributed by atoms with Gasteiger partial charge in [0.05, 0.1) is 88.3 Å². The average Bonchev–Trinajstić information content (AvgIpc) is 1.55. The van der Waals surface area contributed by atoms with E-state index in [2.05, 4.69) is 534 Å². The molecule has 22 aromatic carbocycles. The molecular formula is C132H84N8O. The van der Waals surface area contributed by atoms with Crippen molar-refractivity contribution in [2.24, 2.45) is 0 Å². The van der Waals surface area contributed by atoms with Crippen molar-refractivity contribution in [3.8, 4) is 67.8 Å². The van der Waals surface area contributed by atoms with Crippen LogP contribution in [-0.2, 0) is 0 Å². The van der Waals surface area contributed by atoms with Crippen LogP contribution in [0.2, 0.25) is 0 Å². The SMILES string of the molecule is c1ccc(-n2c3ccccc3c3c4c5ccccc5n(-c5ccc(-c6cccc7c6oc6ccccc67)cc5)c4ccc32)cc1.c1ccc(-n2c3ccccc3c3c4c5ccccc5n(-c5ccc(-n6c7ccccc7c7ccccc76)cc5)c4ccc32)cc1.c1ccc(-n2c3ccccc3c3cc(-c4ccc(-n5c6ccccc6c6c7c8ccccc8n(-c8ccccc8)c7ccc65)cc4)ccc32)cc1. The van der Waals surface area contributed by atoms with Gasteiger partial charge in [0.1, 0.15) is 11.2 Å². The van der Waals surface area contributed by atoms with E-state index in [0.29, 0.717) is 0 Å². The molecule has 0 saturated heterocycles. The number of rotatable bonds is 10. The maximum atomic E-state index is 6.36. The van der Waals surface area contributed by atoms with Crippen LogP contribution in [0.25, 0.3) is 264 Å². The number of fused-ring (bicyclic) bond motifs is 30. The molecule has 0 saturated carbocycles. The Labute approximate surface area is 809 Å². The minimum Gasteiger partial charge on any atom is -0.455 e. The lowest BCUT2D eigenvalue weighted by Crippen LogP contribution is -1.97. The van der Waals surface area contributed by atoms with Crippen LogP contribution in [0.15, 0.2) is 514 Å². The zero-order valence-electron chi connectivity index (χ0n) is 76.5. The molecule has 9 heteroatoms. The highest BCUT2D eigenvalue weighted by Gasteiger charge is 2.27. The molecule has 0 bridgehead atoms. The molecule has 0 spiro atoms. The fourth-order valence-electron chi connectivity index (χ4n) is 23.5. The number of para-hydroxylation sites is 15. The lowest BCUT2D eigenvalue weighted by Gasteiger charge is -2.12. The molecule has 9 aromatic heterocycles. The standard InChI is InChI=1S/C48H31N3.C42H27N3.C42H26N2O/c1-3-13-34(14-4-1)49-41-20-10-7-17-37(41)40-31-33(25-28-44(40)49)32-23-26-36(27-24-32)51-43-22-12-9-19-39(43)48-46(51)30-29-45-47(48)38-18-8-11-21-42(38)50(45)35-15-5-2-6-16-35;1-2-12-28(13-3-1)44-37-20-10-6-16-33(37)41-39(44)26-27-40-42(41)34-17-7-11-21-38(34)45(40)30-24-22-29(23-25-30)43-35-18-8-4-14-31(35)32-15-5-9-19-36(32)43;1-2-11-28(12-3-1)43-35-18-7-4-14-33(35)40-37(43)25-26-38-41(40)34-15-5-8-19-36(34)44(38)29-23-21-27(22-24-29)30-16-10-17-32-31-13-6-9-20-39(31)45-42(30)32/h1-31H;1-27H;1-26H. The second-order valence-electron chi connectivity index (χ2n) is 36.9. The summed E-state index contributed by atoms with van der Waals surface area (Å²) in [5.41, 5.74) is 35.2. The van der Waals surface area contributed by atoms with Crippen molar-refractivity contribution in [2.45, 2.75) is 0 Å². The Bertz CT molecular complexity index is 10400. The van der Waals surface area contributed by atoms with Gasteiger partial charge in [-0.3, -0.25) is 0 Å². The Kier molecular flexibility index (Phi) is 17.9. The fourth-order valence-corrected chi connectivity index (χ4v) is 23.5. The molecule has 9 heterocycles. The number of hydrogen-bond acceptors (Lipinski definition) is 1. The van der Waals surface area contributed by atoms with Gasteiger partial charge in [-0.25, -0.2) is 0 Å². The molecule has 141 heavy (non-hydrogen) atoms. The molecule has 658 valence electrons. The molecule has 0 radical (unpaired) electrons. The monoisotopic (exact) mass is 1800 g/mol. The lowest BCUT2D eigenvalue weighted by atomic mass is 10.0. The average molecular weight is 1800 g/mol. The van der Waals surface area contributed by atoms with Crippen LogP contribution in [0.1, 0.15) is 0 Å². The van der Waals surface area contributed by atoms with Crippen LogP contribution < -0.4 is 0 Å². The molecule has 0 unspecified atom stereocenters. The molecule has 0 fully saturated rings. The predicted molar refractivity (Wildman–Crippen MR) is 592 cm³/mol. The van der Waals surface area contributed by atoms with Crippen LogP contribution >= 0.6 is 0 Å². The fraction of sp³-hybridized carbons (Fsp3) is 0. The first-order valence-corrected chi connectivity index (χ1v) is 48.4. The summed E-state index contributed by atoms with van der Waals surface area (Å²) < 4.78 is 25.6. The highest BCUT2D eigenvalue weighted by atomic mass is 16.3. The van der Waals surface area contributed by atoms with E-state index >= 15 is 0 Å². The predicted octanol–water partition coefficient (Wildman–Crippen LogP) is 35.1. The van der Waals surface area contributed by atoms with Gasteiger partial charge in [-0.2, -0.15) is 0 Å². The van der Waals surface area contributed by atoms with Crippen LogP contribution in [0.3, 0.4) is 0 Å². The summed E-state index contributed by atoms with van der Waals surface area (Å²) in [5.74, 6) is 0. The van der Waals surface area contributed by atoms with Gasteiger partial charge >= 0.3 is 0 Å². The van der Waals surface area contributed by atoms with Crippen LogP contribution in [0.4, 0.5) is 0 Å². The topological polar surface area (TPSA) is 52.6 Å². The van der Waals surface area contributed by atoms with Crippen molar-refractivity contribution in [1.82, 2.24) is 36.5 Å². The maximum absolute atomic E-state index is 6.36. The molecule has 0 aliphatic rings. The molecule has 0 aliphatic carbocycles. The normalized spacial score (nSPS) is 12.0. The van der Waals surface area contributed by atoms with Crippen molar-refractivity contribution >= 4 is 196 Å². The van der Waals surface area contributed by atoms with Crippen LogP contribution in [-0.4, -0.2) is 36.5 Å². The van der Waals surface area contributed by atoms with Gasteiger partial charge in [0, 0.05) is 148 Å². The van der Waals surface area contributed by atoms with Gasteiger partial charge in [0.2, 0.25) is 0 Å². The highest BCUT2D eigenvalue weighted by Crippen LogP contribution is 2.49. The van der Waals surface area contributed by atoms with E-state index in [-0.39, 0.29) is 0 Å². The van der Waals surface area contributed by atoms with E-state index in [1.165, 1.54) is 208 Å². The number of aromatic nitrogens is 8. The van der Waals surface area contributed by atoms with E-state index in [4.69, 9.17) is 4.42 Å². The highest BCUT2D eigenvalue weighted by molar-refractivity contribution is 6.32. The Morgan fingerprint density at radius 2 is 0.326 bits per heavy atom. The van der Waals surface area contributed by atoms with Crippen molar-refractivity contribution in [2.75, 3.05) is 0 Å². The Morgan fingerprint density at radius 1 is 0.121 bits per heavy atom. The van der Waals surface area contributed by atoms with Gasteiger partial charge in [-0.1, -0.05) is 303 Å². The van der Waals surface area contributed by atoms with Crippen molar-refractivity contribution in [3.63, 3.8) is 0 Å². The minimum atomic E-state index is 0.918. The van der Waals surface area contributed by atoms with Crippen LogP contribution in [0.5, 0.6) is 0 Å². The van der Waals surface area contributed by atoms with Crippen LogP contribution in [0, 0.1) is 0 Å². The third-order valence-electron chi connectivity index (χ3n) is 29.4. The quantitative estimate of drug-likeness (QED) is 0.135. The van der Waals surface area contributed by atoms with E-state index < -0.39 is 0 Å². The number of hydrogen-bond donors (Lipinski definition) is 0. The molecule has 0 aliphatic heterocycles. The van der Waals surface area contributed by atoms with E-state index in [1.54, 1.807) is 0 Å². The molecule has 31 rings (SSSR count). The number of benzene rings is 22. The zero-order chi connectivity index (χ0) is 92.4. The van der Waals surface area contributed by atoms with Crippen molar-refractivity contribution in [3.05, 3.63) is 510 Å². The van der Waals surface area contributed by atoms with Gasteiger partial charge in [0.15, 0.2) is 0 Å². The van der Waals surface area contributed by atoms with Crippen molar-refractivity contribution in [1.29, 1.82) is 0 Å². The van der Waals surface area contributed by atoms with Gasteiger partial charge in [-0.05, 0) is 223 Å². The molecule has 0 amide bonds. The summed E-state index contributed by atoms with van der Waals surface area (Å²) in [6.07, 6.45) is 0. The maximum Gasteiger partial charge on any atom is 0.143 e. The summed E-state index contributed by atoms with van der Waals surface area (Å²) >= 11 is 0. The molecule has 9 nitrogen and oxygen atoms in total. The second-order valence-corrected chi connectivity index (χ2v) is 36.9. The third kappa shape index (κ3) is 12.2. The first-order valence-electron chi connectivity index (χ1n) is 48.4. The largest absolute Gasteiger partial charge is 0.455 e. The van der Waals surface area contributed by atoms with E-state index in [0.717, 1.165) is 55.8 Å². The van der Waals surface area contributed by atoms with E-state index in [9.17, 15) is 0 Å². The summed E-state index contributed by atoms with van der Waals surface area (Å²) in [4.78, 5) is 0. The summed E-state index contributed by atoms with van der Waals surface area (Å²) in [6.45, 7) is 0. The van der Waals surface area contributed by atoms with Crippen molar-refractivity contribution < 1.29 is 4.42 Å². The van der Waals surface area contributed by atoms with Gasteiger partial charge in [-0.15, -0.1) is 0 Å². The first-order chi connectivity index (χ1) is 70.0. The Hall–Kier alpha value is -19.0. The number of furan rings is 1. The minimum absolute atomic E-state index is 0.918. The summed E-state index contributed by atoms with van der Waals surface area (Å²) in [7, 11) is 0. The molecule has 0 N–H and O–H groups in total. The molecular weight excluding hydrogens is 1710 g/mol. The number of nitrogens with zero attached hydrogens (tertiary/aromatic N) is 8. The first kappa shape index (κ1) is 79.4. The van der Waals surface area contributed by atoms with Gasteiger partial charge in [0.25, 0.3) is 0 Å². The lowest BCUT2D eigenvalue weighted by molar-refractivity contribution is 0.670. The zero-order valence-corrected chi connectivity index (χ0v) is 76.5. The summed E-state index contributed by atoms with van der Waals surface area (Å²) in [6, 6.07) is 184.